The molecular formula is C23H21N3O3. The topological polar surface area (TPSA) is 76.5 Å². The molecule has 0 atom stereocenters. The summed E-state index contributed by atoms with van der Waals surface area (Å²) in [6.45, 7) is 4.24. The molecule has 0 aliphatic heterocycles. The molecule has 0 aliphatic carbocycles. The third kappa shape index (κ3) is 3.82. The van der Waals surface area contributed by atoms with Crippen LogP contribution < -0.4 is 5.56 Å². The normalized spacial score (nSPS) is 11.5. The third-order valence-corrected chi connectivity index (χ3v) is 4.86. The van der Waals surface area contributed by atoms with Gasteiger partial charge in [-0.05, 0) is 5.56 Å². The van der Waals surface area contributed by atoms with Crippen LogP contribution >= 0.6 is 0 Å². The first kappa shape index (κ1) is 18.7. The molecule has 0 radical (unpaired) electrons. The molecule has 0 saturated heterocycles. The molecule has 146 valence electrons. The fraction of sp³-hybridized carbons (Fsp3) is 0.174. The van der Waals surface area contributed by atoms with Gasteiger partial charge in [-0.25, -0.2) is 14.3 Å². The molecule has 4 aromatic rings. The minimum atomic E-state index is -0.528. The van der Waals surface area contributed by atoms with Gasteiger partial charge in [0, 0.05) is 23.1 Å². The van der Waals surface area contributed by atoms with Crippen molar-refractivity contribution in [3.8, 4) is 11.3 Å². The van der Waals surface area contributed by atoms with Gasteiger partial charge in [-0.3, -0.25) is 9.89 Å². The number of nitrogens with one attached hydrogen (secondary N) is 1. The maximum Gasteiger partial charge on any atom is 0.356 e. The van der Waals surface area contributed by atoms with Crippen molar-refractivity contribution in [2.45, 2.75) is 19.3 Å². The lowest BCUT2D eigenvalue weighted by molar-refractivity contribution is 0.0419. The Bertz CT molecular complexity index is 1210. The Labute approximate surface area is 167 Å². The number of hydrogen-bond donors (Lipinski definition) is 1. The van der Waals surface area contributed by atoms with E-state index < -0.39 is 5.97 Å². The van der Waals surface area contributed by atoms with Crippen molar-refractivity contribution in [2.75, 3.05) is 6.61 Å². The SMILES string of the molecule is CC(C)(COC(=O)c1cc2nc(-c3ccccc3)cc(=O)n2[nH]1)c1ccccc1. The second-order valence-electron chi connectivity index (χ2n) is 7.54. The van der Waals surface area contributed by atoms with Gasteiger partial charge >= 0.3 is 5.97 Å². The highest BCUT2D eigenvalue weighted by atomic mass is 16.5. The summed E-state index contributed by atoms with van der Waals surface area (Å²) in [6, 6.07) is 22.3. The monoisotopic (exact) mass is 387 g/mol. The minimum absolute atomic E-state index is 0.184. The van der Waals surface area contributed by atoms with Crippen LogP contribution in [0.1, 0.15) is 29.9 Å². The Hall–Kier alpha value is -3.67. The van der Waals surface area contributed by atoms with Crippen LogP contribution in [0.3, 0.4) is 0 Å². The summed E-state index contributed by atoms with van der Waals surface area (Å²) in [4.78, 5) is 29.5. The standard InChI is InChI=1S/C23H21N3O3/c1-23(2,17-11-7-4-8-12-17)15-29-22(28)19-13-20-24-18(14-21(27)26(20)25-19)16-9-5-3-6-10-16/h3-14,25H,15H2,1-2H3. The average molecular weight is 387 g/mol. The molecule has 1 N–H and O–H groups in total. The molecule has 2 heterocycles. The van der Waals surface area contributed by atoms with Crippen LogP contribution in [0.4, 0.5) is 0 Å². The smallest absolute Gasteiger partial charge is 0.356 e. The van der Waals surface area contributed by atoms with Crippen LogP contribution in [0.15, 0.2) is 77.6 Å². The molecule has 0 fully saturated rings. The van der Waals surface area contributed by atoms with Crippen molar-refractivity contribution < 1.29 is 9.53 Å². The van der Waals surface area contributed by atoms with Gasteiger partial charge in [-0.15, -0.1) is 0 Å². The van der Waals surface area contributed by atoms with Gasteiger partial charge in [-0.2, -0.15) is 0 Å². The lowest BCUT2D eigenvalue weighted by Crippen LogP contribution is -2.26. The molecule has 2 aromatic carbocycles. The molecule has 0 unspecified atom stereocenters. The van der Waals surface area contributed by atoms with Crippen molar-refractivity contribution >= 4 is 11.6 Å². The van der Waals surface area contributed by atoms with E-state index in [1.54, 1.807) is 0 Å². The van der Waals surface area contributed by atoms with Crippen LogP contribution in [0.5, 0.6) is 0 Å². The molecule has 6 heteroatoms. The van der Waals surface area contributed by atoms with Crippen LogP contribution in [-0.4, -0.2) is 27.2 Å². The minimum Gasteiger partial charge on any atom is -0.460 e. The van der Waals surface area contributed by atoms with Crippen molar-refractivity contribution in [1.82, 2.24) is 14.6 Å². The molecule has 6 nitrogen and oxygen atoms in total. The second-order valence-corrected chi connectivity index (χ2v) is 7.54. The largest absolute Gasteiger partial charge is 0.460 e. The summed E-state index contributed by atoms with van der Waals surface area (Å²) in [6.07, 6.45) is 0. The zero-order chi connectivity index (χ0) is 20.4. The maximum absolute atomic E-state index is 12.6. The molecule has 0 amide bonds. The first-order valence-corrected chi connectivity index (χ1v) is 9.35. The first-order valence-electron chi connectivity index (χ1n) is 9.35. The fourth-order valence-electron chi connectivity index (χ4n) is 3.15. The number of esters is 1. The van der Waals surface area contributed by atoms with E-state index in [9.17, 15) is 9.59 Å². The van der Waals surface area contributed by atoms with E-state index in [4.69, 9.17) is 4.74 Å². The molecule has 0 spiro atoms. The van der Waals surface area contributed by atoms with Crippen LogP contribution in [-0.2, 0) is 10.2 Å². The number of nitrogens with zero attached hydrogens (tertiary/aromatic N) is 2. The van der Waals surface area contributed by atoms with E-state index in [2.05, 4.69) is 10.1 Å². The number of aromatic nitrogens is 3. The van der Waals surface area contributed by atoms with E-state index >= 15 is 0 Å². The van der Waals surface area contributed by atoms with Gasteiger partial charge in [0.15, 0.2) is 5.65 Å². The number of ether oxygens (including phenoxy) is 1. The summed E-state index contributed by atoms with van der Waals surface area (Å²) in [5, 5.41) is 2.79. The van der Waals surface area contributed by atoms with Gasteiger partial charge < -0.3 is 4.74 Å². The van der Waals surface area contributed by atoms with Crippen LogP contribution in [0.2, 0.25) is 0 Å². The number of benzene rings is 2. The van der Waals surface area contributed by atoms with Crippen molar-refractivity contribution in [1.29, 1.82) is 0 Å². The van der Waals surface area contributed by atoms with Crippen molar-refractivity contribution in [2.24, 2.45) is 0 Å². The summed E-state index contributed by atoms with van der Waals surface area (Å²) in [5.74, 6) is -0.528. The molecule has 29 heavy (non-hydrogen) atoms. The highest BCUT2D eigenvalue weighted by Gasteiger charge is 2.24. The highest BCUT2D eigenvalue weighted by Crippen LogP contribution is 2.23. The quantitative estimate of drug-likeness (QED) is 0.528. The first-order chi connectivity index (χ1) is 13.9. The molecule has 0 aliphatic rings. The summed E-state index contributed by atoms with van der Waals surface area (Å²) < 4.78 is 6.76. The number of carbonyl (C=O) groups is 1. The number of carbonyl (C=O) groups excluding carboxylic acids is 1. The lowest BCUT2D eigenvalue weighted by atomic mass is 9.86. The van der Waals surface area contributed by atoms with Gasteiger partial charge in [0.05, 0.1) is 5.69 Å². The Kier molecular flexibility index (Phi) is 4.76. The van der Waals surface area contributed by atoms with E-state index in [1.807, 2.05) is 74.5 Å². The number of rotatable bonds is 5. The molecule has 2 aromatic heterocycles. The predicted octanol–water partition coefficient (Wildman–Crippen LogP) is 3.82. The molecule has 4 rings (SSSR count). The zero-order valence-electron chi connectivity index (χ0n) is 16.3. The number of hydrogen-bond acceptors (Lipinski definition) is 4. The summed E-state index contributed by atoms with van der Waals surface area (Å²) in [5.41, 5.74) is 2.39. The predicted molar refractivity (Wildman–Crippen MR) is 111 cm³/mol. The summed E-state index contributed by atoms with van der Waals surface area (Å²) in [7, 11) is 0. The van der Waals surface area contributed by atoms with Gasteiger partial charge in [0.1, 0.15) is 12.3 Å². The van der Waals surface area contributed by atoms with E-state index in [-0.39, 0.29) is 23.3 Å². The van der Waals surface area contributed by atoms with Crippen LogP contribution in [0.25, 0.3) is 16.9 Å². The van der Waals surface area contributed by atoms with Gasteiger partial charge in [-0.1, -0.05) is 74.5 Å². The Morgan fingerprint density at radius 1 is 1.03 bits per heavy atom. The van der Waals surface area contributed by atoms with Crippen molar-refractivity contribution in [3.05, 3.63) is 94.4 Å². The van der Waals surface area contributed by atoms with Crippen molar-refractivity contribution in [3.63, 3.8) is 0 Å². The average Bonchev–Trinajstić information content (AvgIpc) is 3.18. The molecule has 0 bridgehead atoms. The number of aromatic amines is 1. The number of fused-ring (bicyclic) bond motifs is 1. The van der Waals surface area contributed by atoms with E-state index in [0.717, 1.165) is 11.1 Å². The maximum atomic E-state index is 12.6. The van der Waals surface area contributed by atoms with Gasteiger partial charge in [0.2, 0.25) is 0 Å². The third-order valence-electron chi connectivity index (χ3n) is 4.86. The second kappa shape index (κ2) is 7.39. The van der Waals surface area contributed by atoms with E-state index in [0.29, 0.717) is 11.3 Å². The van der Waals surface area contributed by atoms with Crippen LogP contribution in [0, 0.1) is 0 Å². The Morgan fingerprint density at radius 3 is 2.38 bits per heavy atom. The molecular weight excluding hydrogens is 366 g/mol. The summed E-state index contributed by atoms with van der Waals surface area (Å²) >= 11 is 0. The highest BCUT2D eigenvalue weighted by molar-refractivity contribution is 5.88. The lowest BCUT2D eigenvalue weighted by Gasteiger charge is -2.24. The fourth-order valence-corrected chi connectivity index (χ4v) is 3.15. The molecule has 0 saturated carbocycles. The Balaban J connectivity index is 1.57. The van der Waals surface area contributed by atoms with Gasteiger partial charge in [0.25, 0.3) is 5.56 Å². The Morgan fingerprint density at radius 2 is 1.69 bits per heavy atom. The zero-order valence-corrected chi connectivity index (χ0v) is 16.3. The van der Waals surface area contributed by atoms with E-state index in [1.165, 1.54) is 16.6 Å². The number of H-pyrrole nitrogens is 1.